The van der Waals surface area contributed by atoms with Crippen molar-refractivity contribution >= 4 is 22.9 Å². The third-order valence-corrected chi connectivity index (χ3v) is 4.25. The van der Waals surface area contributed by atoms with Crippen molar-refractivity contribution in [2.45, 2.75) is 26.0 Å². The smallest absolute Gasteiger partial charge is 0.305 e. The van der Waals surface area contributed by atoms with Crippen LogP contribution in [0.2, 0.25) is 0 Å². The number of para-hydroxylation sites is 3. The number of carbonyl (C=O) groups is 2. The molecule has 0 fully saturated rings. The topological polar surface area (TPSA) is 82.5 Å². The van der Waals surface area contributed by atoms with Crippen LogP contribution in [0.5, 0.6) is 5.75 Å². The summed E-state index contributed by atoms with van der Waals surface area (Å²) in [7, 11) is 1.35. The molecule has 3 aromatic rings. The van der Waals surface area contributed by atoms with E-state index in [4.69, 9.17) is 4.74 Å². The molecular formula is C21H23N3O4. The Labute approximate surface area is 163 Å². The maximum atomic E-state index is 12.4. The molecule has 0 spiro atoms. The van der Waals surface area contributed by atoms with Gasteiger partial charge < -0.3 is 19.4 Å². The zero-order valence-corrected chi connectivity index (χ0v) is 15.8. The number of ether oxygens (including phenoxy) is 2. The van der Waals surface area contributed by atoms with Crippen LogP contribution in [-0.2, 0) is 27.5 Å². The fraction of sp³-hybridized carbons (Fsp3) is 0.286. The lowest BCUT2D eigenvalue weighted by Crippen LogP contribution is -2.29. The number of hydrogen-bond donors (Lipinski definition) is 1. The standard InChI is InChI=1S/C21H23N3O4/c1-27-21(26)12-7-13-22-20(25)14-24-18-11-6-5-10-17(18)23-19(24)15-28-16-8-3-2-4-9-16/h2-6,8-11H,7,12-15H2,1H3,(H,22,25). The van der Waals surface area contributed by atoms with E-state index in [0.29, 0.717) is 18.8 Å². The Hall–Kier alpha value is -3.35. The highest BCUT2D eigenvalue weighted by atomic mass is 16.5. The second-order valence-electron chi connectivity index (χ2n) is 6.23. The third-order valence-electron chi connectivity index (χ3n) is 4.25. The van der Waals surface area contributed by atoms with E-state index in [1.807, 2.05) is 59.2 Å². The van der Waals surface area contributed by atoms with E-state index in [1.54, 1.807) is 0 Å². The lowest BCUT2D eigenvalue weighted by molar-refractivity contribution is -0.140. The first-order valence-corrected chi connectivity index (χ1v) is 9.13. The van der Waals surface area contributed by atoms with Gasteiger partial charge in [0.2, 0.25) is 5.91 Å². The second kappa shape index (κ2) is 9.55. The summed E-state index contributed by atoms with van der Waals surface area (Å²) >= 11 is 0. The Morgan fingerprint density at radius 2 is 1.82 bits per heavy atom. The average molecular weight is 381 g/mol. The summed E-state index contributed by atoms with van der Waals surface area (Å²) < 4.78 is 12.3. The maximum absolute atomic E-state index is 12.4. The first-order valence-electron chi connectivity index (χ1n) is 9.13. The number of methoxy groups -OCH3 is 1. The zero-order chi connectivity index (χ0) is 19.8. The molecule has 0 aliphatic carbocycles. The summed E-state index contributed by atoms with van der Waals surface area (Å²) in [5.41, 5.74) is 1.69. The molecule has 0 saturated heterocycles. The predicted octanol–water partition coefficient (Wildman–Crippen LogP) is 2.68. The summed E-state index contributed by atoms with van der Waals surface area (Å²) in [5, 5.41) is 2.83. The van der Waals surface area contributed by atoms with Crippen LogP contribution < -0.4 is 10.1 Å². The minimum absolute atomic E-state index is 0.131. The summed E-state index contributed by atoms with van der Waals surface area (Å²) in [6.07, 6.45) is 0.814. The summed E-state index contributed by atoms with van der Waals surface area (Å²) in [4.78, 5) is 28.1. The van der Waals surface area contributed by atoms with E-state index in [1.165, 1.54) is 7.11 Å². The number of carbonyl (C=O) groups excluding carboxylic acids is 2. The highest BCUT2D eigenvalue weighted by Crippen LogP contribution is 2.18. The molecule has 3 rings (SSSR count). The number of nitrogens with zero attached hydrogens (tertiary/aromatic N) is 2. The van der Waals surface area contributed by atoms with Gasteiger partial charge in [0.25, 0.3) is 0 Å². The molecule has 2 aromatic carbocycles. The van der Waals surface area contributed by atoms with Gasteiger partial charge in [0.1, 0.15) is 24.7 Å². The monoisotopic (exact) mass is 381 g/mol. The number of fused-ring (bicyclic) bond motifs is 1. The quantitative estimate of drug-likeness (QED) is 0.455. The van der Waals surface area contributed by atoms with Gasteiger partial charge in [-0.2, -0.15) is 0 Å². The number of esters is 1. The third kappa shape index (κ3) is 5.09. The van der Waals surface area contributed by atoms with Gasteiger partial charge in [0.15, 0.2) is 0 Å². The average Bonchev–Trinajstić information content (AvgIpc) is 3.07. The molecule has 0 bridgehead atoms. The van der Waals surface area contributed by atoms with E-state index >= 15 is 0 Å². The van der Waals surface area contributed by atoms with Crippen molar-refractivity contribution in [2.24, 2.45) is 0 Å². The van der Waals surface area contributed by atoms with Crippen LogP contribution in [0, 0.1) is 0 Å². The number of hydrogen-bond acceptors (Lipinski definition) is 5. The Balaban J connectivity index is 1.66. The van der Waals surface area contributed by atoms with Gasteiger partial charge in [0, 0.05) is 13.0 Å². The van der Waals surface area contributed by atoms with Crippen LogP contribution in [0.3, 0.4) is 0 Å². The Morgan fingerprint density at radius 1 is 1.07 bits per heavy atom. The van der Waals surface area contributed by atoms with Crippen molar-refractivity contribution in [3.63, 3.8) is 0 Å². The van der Waals surface area contributed by atoms with Crippen LogP contribution in [0.4, 0.5) is 0 Å². The Kier molecular flexibility index (Phi) is 6.62. The molecule has 0 radical (unpaired) electrons. The predicted molar refractivity (Wildman–Crippen MR) is 105 cm³/mol. The number of amides is 1. The maximum Gasteiger partial charge on any atom is 0.305 e. The van der Waals surface area contributed by atoms with Crippen molar-refractivity contribution in [1.29, 1.82) is 0 Å². The van der Waals surface area contributed by atoms with Gasteiger partial charge in [0.05, 0.1) is 18.1 Å². The minimum atomic E-state index is -0.282. The van der Waals surface area contributed by atoms with Gasteiger partial charge in [-0.25, -0.2) is 4.98 Å². The second-order valence-corrected chi connectivity index (χ2v) is 6.23. The molecule has 0 aliphatic heterocycles. The van der Waals surface area contributed by atoms with Crippen LogP contribution in [0.1, 0.15) is 18.7 Å². The van der Waals surface area contributed by atoms with E-state index < -0.39 is 0 Å². The molecule has 0 unspecified atom stereocenters. The first-order chi connectivity index (χ1) is 13.7. The zero-order valence-electron chi connectivity index (χ0n) is 15.8. The molecular weight excluding hydrogens is 358 g/mol. The Morgan fingerprint density at radius 3 is 2.61 bits per heavy atom. The van der Waals surface area contributed by atoms with E-state index in [2.05, 4.69) is 15.0 Å². The van der Waals surface area contributed by atoms with Crippen molar-refractivity contribution < 1.29 is 19.1 Å². The number of benzene rings is 2. The number of imidazole rings is 1. The molecule has 1 amide bonds. The molecule has 0 atom stereocenters. The highest BCUT2D eigenvalue weighted by Gasteiger charge is 2.14. The molecule has 1 heterocycles. The lowest BCUT2D eigenvalue weighted by atomic mass is 10.3. The molecule has 1 aromatic heterocycles. The molecule has 7 nitrogen and oxygen atoms in total. The molecule has 0 saturated carbocycles. The van der Waals surface area contributed by atoms with Gasteiger partial charge in [-0.1, -0.05) is 30.3 Å². The fourth-order valence-electron chi connectivity index (χ4n) is 2.84. The van der Waals surface area contributed by atoms with Crippen LogP contribution in [0.15, 0.2) is 54.6 Å². The minimum Gasteiger partial charge on any atom is -0.486 e. The normalized spacial score (nSPS) is 10.6. The fourth-order valence-corrected chi connectivity index (χ4v) is 2.84. The van der Waals surface area contributed by atoms with E-state index in [0.717, 1.165) is 16.8 Å². The summed E-state index contributed by atoms with van der Waals surface area (Å²) in [6, 6.07) is 17.1. The number of aromatic nitrogens is 2. The molecule has 1 N–H and O–H groups in total. The van der Waals surface area contributed by atoms with Gasteiger partial charge >= 0.3 is 5.97 Å². The van der Waals surface area contributed by atoms with Crippen LogP contribution in [-0.4, -0.2) is 35.1 Å². The largest absolute Gasteiger partial charge is 0.486 e. The van der Waals surface area contributed by atoms with Crippen molar-refractivity contribution in [3.8, 4) is 5.75 Å². The molecule has 146 valence electrons. The molecule has 28 heavy (non-hydrogen) atoms. The van der Waals surface area contributed by atoms with Crippen molar-refractivity contribution in [2.75, 3.05) is 13.7 Å². The van der Waals surface area contributed by atoms with Crippen LogP contribution in [0.25, 0.3) is 11.0 Å². The van der Waals surface area contributed by atoms with Gasteiger partial charge in [-0.3, -0.25) is 9.59 Å². The first kappa shape index (κ1) is 19.4. The molecule has 0 aliphatic rings. The van der Waals surface area contributed by atoms with E-state index in [9.17, 15) is 9.59 Å². The molecule has 7 heteroatoms. The van der Waals surface area contributed by atoms with Crippen LogP contribution >= 0.6 is 0 Å². The van der Waals surface area contributed by atoms with E-state index in [-0.39, 0.29) is 31.4 Å². The van der Waals surface area contributed by atoms with Gasteiger partial charge in [-0.05, 0) is 30.7 Å². The Bertz CT molecular complexity index is 937. The number of rotatable bonds is 9. The van der Waals surface area contributed by atoms with Gasteiger partial charge in [-0.15, -0.1) is 0 Å². The highest BCUT2D eigenvalue weighted by molar-refractivity contribution is 5.81. The number of nitrogens with one attached hydrogen (secondary N) is 1. The van der Waals surface area contributed by atoms with Crippen molar-refractivity contribution in [3.05, 3.63) is 60.4 Å². The SMILES string of the molecule is COC(=O)CCCNC(=O)Cn1c(COc2ccccc2)nc2ccccc21. The van der Waals surface area contributed by atoms with Crippen molar-refractivity contribution in [1.82, 2.24) is 14.9 Å². The summed E-state index contributed by atoms with van der Waals surface area (Å²) in [5.74, 6) is 0.993. The summed E-state index contributed by atoms with van der Waals surface area (Å²) in [6.45, 7) is 0.803. The lowest BCUT2D eigenvalue weighted by Gasteiger charge is -2.11.